The summed E-state index contributed by atoms with van der Waals surface area (Å²) >= 11 is 0. The molecule has 0 unspecified atom stereocenters. The van der Waals surface area contributed by atoms with Crippen molar-refractivity contribution >= 4 is 10.9 Å². The van der Waals surface area contributed by atoms with Crippen molar-refractivity contribution in [2.75, 3.05) is 6.54 Å². The molecule has 3 nitrogen and oxygen atoms in total. The Kier molecular flexibility index (Phi) is 4.97. The molecule has 0 fully saturated rings. The van der Waals surface area contributed by atoms with Gasteiger partial charge in [0.1, 0.15) is 0 Å². The SMILES string of the molecule is CCCCn1nc(CNCC(C)C)c2ccccc21. The minimum absolute atomic E-state index is 0.674. The van der Waals surface area contributed by atoms with Crippen LogP contribution in [0.2, 0.25) is 0 Å². The molecule has 0 amide bonds. The largest absolute Gasteiger partial charge is 0.311 e. The molecular formula is C16H25N3. The maximum Gasteiger partial charge on any atom is 0.0841 e. The molecule has 0 aliphatic rings. The topological polar surface area (TPSA) is 29.9 Å². The lowest BCUT2D eigenvalue weighted by Crippen LogP contribution is -2.19. The molecule has 3 heteroatoms. The van der Waals surface area contributed by atoms with E-state index in [1.54, 1.807) is 0 Å². The second kappa shape index (κ2) is 6.71. The van der Waals surface area contributed by atoms with E-state index < -0.39 is 0 Å². The van der Waals surface area contributed by atoms with Crippen molar-refractivity contribution in [1.82, 2.24) is 15.1 Å². The van der Waals surface area contributed by atoms with E-state index in [1.165, 1.54) is 29.4 Å². The van der Waals surface area contributed by atoms with Gasteiger partial charge in [-0.3, -0.25) is 4.68 Å². The molecule has 0 spiro atoms. The van der Waals surface area contributed by atoms with Crippen molar-refractivity contribution in [2.45, 2.75) is 46.7 Å². The second-order valence-electron chi connectivity index (χ2n) is 5.57. The number of aryl methyl sites for hydroxylation is 1. The molecule has 19 heavy (non-hydrogen) atoms. The number of aromatic nitrogens is 2. The summed E-state index contributed by atoms with van der Waals surface area (Å²) in [5.74, 6) is 0.674. The molecule has 0 bridgehead atoms. The van der Waals surface area contributed by atoms with Crippen LogP contribution >= 0.6 is 0 Å². The first-order valence-electron chi connectivity index (χ1n) is 7.37. The molecule has 1 aromatic carbocycles. The third-order valence-electron chi connectivity index (χ3n) is 3.30. The Morgan fingerprint density at radius 2 is 2.05 bits per heavy atom. The maximum atomic E-state index is 4.78. The highest BCUT2D eigenvalue weighted by atomic mass is 15.3. The number of rotatable bonds is 7. The molecule has 1 aromatic heterocycles. The van der Waals surface area contributed by atoms with E-state index in [9.17, 15) is 0 Å². The van der Waals surface area contributed by atoms with Crippen LogP contribution in [-0.2, 0) is 13.1 Å². The van der Waals surface area contributed by atoms with Gasteiger partial charge in [-0.1, -0.05) is 45.4 Å². The number of nitrogens with one attached hydrogen (secondary N) is 1. The zero-order valence-electron chi connectivity index (χ0n) is 12.3. The van der Waals surface area contributed by atoms with Gasteiger partial charge in [-0.25, -0.2) is 0 Å². The van der Waals surface area contributed by atoms with Crippen molar-refractivity contribution in [3.63, 3.8) is 0 Å². The van der Waals surface area contributed by atoms with E-state index in [2.05, 4.69) is 55.0 Å². The van der Waals surface area contributed by atoms with Gasteiger partial charge in [0.05, 0.1) is 11.2 Å². The lowest BCUT2D eigenvalue weighted by molar-refractivity contribution is 0.536. The maximum absolute atomic E-state index is 4.78. The van der Waals surface area contributed by atoms with Crippen LogP contribution in [0.3, 0.4) is 0 Å². The lowest BCUT2D eigenvalue weighted by Gasteiger charge is -2.05. The Morgan fingerprint density at radius 3 is 2.79 bits per heavy atom. The normalized spacial score (nSPS) is 11.6. The molecule has 0 saturated heterocycles. The highest BCUT2D eigenvalue weighted by Crippen LogP contribution is 2.18. The van der Waals surface area contributed by atoms with Gasteiger partial charge in [-0.2, -0.15) is 5.10 Å². The summed E-state index contributed by atoms with van der Waals surface area (Å²) in [4.78, 5) is 0. The van der Waals surface area contributed by atoms with Crippen LogP contribution in [0.4, 0.5) is 0 Å². The molecule has 2 rings (SSSR count). The fourth-order valence-electron chi connectivity index (χ4n) is 2.28. The third kappa shape index (κ3) is 3.57. The molecule has 0 radical (unpaired) electrons. The molecular weight excluding hydrogens is 234 g/mol. The van der Waals surface area contributed by atoms with Crippen molar-refractivity contribution in [3.8, 4) is 0 Å². The lowest BCUT2D eigenvalue weighted by atomic mass is 10.2. The summed E-state index contributed by atoms with van der Waals surface area (Å²) in [6, 6.07) is 8.54. The van der Waals surface area contributed by atoms with Crippen LogP contribution in [0.25, 0.3) is 10.9 Å². The number of benzene rings is 1. The van der Waals surface area contributed by atoms with Gasteiger partial charge in [0.2, 0.25) is 0 Å². The summed E-state index contributed by atoms with van der Waals surface area (Å²) in [6.45, 7) is 9.59. The predicted molar refractivity (Wildman–Crippen MR) is 81.2 cm³/mol. The van der Waals surface area contributed by atoms with Crippen LogP contribution in [0, 0.1) is 5.92 Å². The van der Waals surface area contributed by atoms with Crippen molar-refractivity contribution < 1.29 is 0 Å². The number of hydrogen-bond acceptors (Lipinski definition) is 2. The van der Waals surface area contributed by atoms with E-state index in [0.717, 1.165) is 19.6 Å². The molecule has 0 aliphatic carbocycles. The summed E-state index contributed by atoms with van der Waals surface area (Å²) in [7, 11) is 0. The molecule has 104 valence electrons. The van der Waals surface area contributed by atoms with E-state index in [4.69, 9.17) is 5.10 Å². The summed E-state index contributed by atoms with van der Waals surface area (Å²) < 4.78 is 2.16. The second-order valence-corrected chi connectivity index (χ2v) is 5.57. The zero-order chi connectivity index (χ0) is 13.7. The zero-order valence-corrected chi connectivity index (χ0v) is 12.3. The molecule has 1 heterocycles. The van der Waals surface area contributed by atoms with E-state index in [1.807, 2.05) is 0 Å². The summed E-state index contributed by atoms with van der Waals surface area (Å²) in [6.07, 6.45) is 2.39. The first-order chi connectivity index (χ1) is 9.22. The quantitative estimate of drug-likeness (QED) is 0.823. The van der Waals surface area contributed by atoms with Crippen molar-refractivity contribution in [2.24, 2.45) is 5.92 Å². The Bertz CT molecular complexity index is 514. The Balaban J connectivity index is 2.18. The van der Waals surface area contributed by atoms with Gasteiger partial charge in [-0.15, -0.1) is 0 Å². The number of nitrogens with zero attached hydrogens (tertiary/aromatic N) is 2. The summed E-state index contributed by atoms with van der Waals surface area (Å²) in [5, 5.41) is 9.55. The average Bonchev–Trinajstić information content (AvgIpc) is 2.75. The summed E-state index contributed by atoms with van der Waals surface area (Å²) in [5.41, 5.74) is 2.43. The molecule has 2 aromatic rings. The predicted octanol–water partition coefficient (Wildman–Crippen LogP) is 3.58. The minimum atomic E-state index is 0.674. The molecule has 1 N–H and O–H groups in total. The van der Waals surface area contributed by atoms with Crippen molar-refractivity contribution in [1.29, 1.82) is 0 Å². The van der Waals surface area contributed by atoms with E-state index in [0.29, 0.717) is 5.92 Å². The average molecular weight is 259 g/mol. The van der Waals surface area contributed by atoms with Gasteiger partial charge >= 0.3 is 0 Å². The monoisotopic (exact) mass is 259 g/mol. The number of unbranched alkanes of at least 4 members (excludes halogenated alkanes) is 1. The Labute approximate surface area is 116 Å². The van der Waals surface area contributed by atoms with Crippen molar-refractivity contribution in [3.05, 3.63) is 30.0 Å². The number of hydrogen-bond donors (Lipinski definition) is 1. The first kappa shape index (κ1) is 14.1. The number of fused-ring (bicyclic) bond motifs is 1. The highest BCUT2D eigenvalue weighted by molar-refractivity contribution is 5.81. The molecule has 0 atom stereocenters. The standard InChI is InChI=1S/C16H25N3/c1-4-5-10-19-16-9-7-6-8-14(16)15(18-19)12-17-11-13(2)3/h6-9,13,17H,4-5,10-12H2,1-3H3. The fraction of sp³-hybridized carbons (Fsp3) is 0.562. The smallest absolute Gasteiger partial charge is 0.0841 e. The minimum Gasteiger partial charge on any atom is -0.311 e. The van der Waals surface area contributed by atoms with E-state index in [-0.39, 0.29) is 0 Å². The molecule has 0 saturated carbocycles. The van der Waals surface area contributed by atoms with Gasteiger partial charge < -0.3 is 5.32 Å². The molecule has 0 aliphatic heterocycles. The van der Waals surface area contributed by atoms with Crippen LogP contribution in [0.1, 0.15) is 39.3 Å². The van der Waals surface area contributed by atoms with Crippen LogP contribution in [0.5, 0.6) is 0 Å². The van der Waals surface area contributed by atoms with Crippen LogP contribution < -0.4 is 5.32 Å². The number of para-hydroxylation sites is 1. The van der Waals surface area contributed by atoms with Crippen LogP contribution in [-0.4, -0.2) is 16.3 Å². The fourth-order valence-corrected chi connectivity index (χ4v) is 2.28. The highest BCUT2D eigenvalue weighted by Gasteiger charge is 2.09. The first-order valence-corrected chi connectivity index (χ1v) is 7.37. The Morgan fingerprint density at radius 1 is 1.26 bits per heavy atom. The van der Waals surface area contributed by atoms with Crippen LogP contribution in [0.15, 0.2) is 24.3 Å². The van der Waals surface area contributed by atoms with Gasteiger partial charge in [-0.05, 0) is 24.9 Å². The van der Waals surface area contributed by atoms with Gasteiger partial charge in [0.15, 0.2) is 0 Å². The Hall–Kier alpha value is -1.35. The third-order valence-corrected chi connectivity index (χ3v) is 3.30. The van der Waals surface area contributed by atoms with Gasteiger partial charge in [0.25, 0.3) is 0 Å². The van der Waals surface area contributed by atoms with E-state index >= 15 is 0 Å². The van der Waals surface area contributed by atoms with Gasteiger partial charge in [0, 0.05) is 18.5 Å².